The van der Waals surface area contributed by atoms with E-state index in [0.717, 1.165) is 0 Å². The molecule has 1 fully saturated rings. The molecule has 2 heterocycles. The number of nitrogens with one attached hydrogen (secondary N) is 3. The molecule has 18 heavy (non-hydrogen) atoms. The molecule has 1 aliphatic rings. The third-order valence-corrected chi connectivity index (χ3v) is 2.76. The predicted octanol–water partition coefficient (Wildman–Crippen LogP) is -0.0645. The first-order valence-electron chi connectivity index (χ1n) is 5.78. The first-order valence-corrected chi connectivity index (χ1v) is 5.78. The molecule has 0 bridgehead atoms. The molecule has 8 nitrogen and oxygen atoms in total. The first kappa shape index (κ1) is 12.3. The Bertz CT molecular complexity index is 430. The average molecular weight is 252 g/mol. The van der Waals surface area contributed by atoms with Crippen molar-refractivity contribution in [3.05, 3.63) is 6.33 Å². The molecule has 1 atom stereocenters. The van der Waals surface area contributed by atoms with Crippen molar-refractivity contribution in [3.8, 4) is 0 Å². The van der Waals surface area contributed by atoms with Crippen molar-refractivity contribution in [2.75, 3.05) is 11.9 Å². The van der Waals surface area contributed by atoms with Crippen LogP contribution in [-0.2, 0) is 4.79 Å². The van der Waals surface area contributed by atoms with E-state index >= 15 is 0 Å². The van der Waals surface area contributed by atoms with Gasteiger partial charge in [0.1, 0.15) is 6.33 Å². The number of H-pyrrole nitrogens is 1. The Morgan fingerprint density at radius 1 is 1.61 bits per heavy atom. The lowest BCUT2D eigenvalue weighted by molar-refractivity contribution is -0.129. The summed E-state index contributed by atoms with van der Waals surface area (Å²) in [6, 6.07) is -0.403. The highest BCUT2D eigenvalue weighted by Gasteiger charge is 2.31. The minimum atomic E-state index is -0.393. The van der Waals surface area contributed by atoms with E-state index in [-0.39, 0.29) is 23.9 Å². The summed E-state index contributed by atoms with van der Waals surface area (Å²) in [5.74, 6) is 0.340. The smallest absolute Gasteiger partial charge is 0.321 e. The summed E-state index contributed by atoms with van der Waals surface area (Å²) in [6.45, 7) is 4.45. The Kier molecular flexibility index (Phi) is 3.45. The quantitative estimate of drug-likeness (QED) is 0.700. The van der Waals surface area contributed by atoms with E-state index in [1.807, 2.05) is 13.8 Å². The number of urea groups is 1. The fraction of sp³-hybridized carbons (Fsp3) is 0.600. The van der Waals surface area contributed by atoms with E-state index in [2.05, 4.69) is 25.8 Å². The summed E-state index contributed by atoms with van der Waals surface area (Å²) >= 11 is 0. The maximum absolute atomic E-state index is 11.7. The van der Waals surface area contributed by atoms with Crippen LogP contribution in [0.4, 0.5) is 10.7 Å². The standard InChI is InChI=1S/C10H16N6O2/c1-6(2)16-4-7(3-8(16)17)13-10(18)14-9-11-5-12-15-9/h5-7H,3-4H2,1-2H3,(H3,11,12,13,14,15,18). The summed E-state index contributed by atoms with van der Waals surface area (Å²) in [6.07, 6.45) is 1.64. The summed E-state index contributed by atoms with van der Waals surface area (Å²) in [4.78, 5) is 28.8. The number of amides is 3. The molecular weight excluding hydrogens is 236 g/mol. The summed E-state index contributed by atoms with van der Waals surface area (Å²) in [5.41, 5.74) is 0. The van der Waals surface area contributed by atoms with Crippen molar-refractivity contribution in [2.45, 2.75) is 32.4 Å². The van der Waals surface area contributed by atoms with Gasteiger partial charge in [-0.15, -0.1) is 0 Å². The zero-order valence-electron chi connectivity index (χ0n) is 10.3. The van der Waals surface area contributed by atoms with Gasteiger partial charge in [-0.05, 0) is 13.8 Å². The molecule has 0 aromatic carbocycles. The molecule has 1 saturated heterocycles. The van der Waals surface area contributed by atoms with Crippen LogP contribution in [0.25, 0.3) is 0 Å². The molecule has 1 aliphatic heterocycles. The van der Waals surface area contributed by atoms with Crippen molar-refractivity contribution >= 4 is 17.9 Å². The Labute approximate surface area is 104 Å². The van der Waals surface area contributed by atoms with Crippen molar-refractivity contribution < 1.29 is 9.59 Å². The van der Waals surface area contributed by atoms with Crippen LogP contribution in [0.5, 0.6) is 0 Å². The Hall–Kier alpha value is -2.12. The Morgan fingerprint density at radius 3 is 2.94 bits per heavy atom. The molecule has 8 heteroatoms. The maximum atomic E-state index is 11.7. The number of anilines is 1. The third-order valence-electron chi connectivity index (χ3n) is 2.76. The van der Waals surface area contributed by atoms with E-state index in [1.54, 1.807) is 4.90 Å². The van der Waals surface area contributed by atoms with Gasteiger partial charge in [0.25, 0.3) is 0 Å². The van der Waals surface area contributed by atoms with Crippen LogP contribution in [-0.4, -0.2) is 50.6 Å². The topological polar surface area (TPSA) is 103 Å². The van der Waals surface area contributed by atoms with Crippen LogP contribution in [0.3, 0.4) is 0 Å². The summed E-state index contributed by atoms with van der Waals surface area (Å²) < 4.78 is 0. The van der Waals surface area contributed by atoms with Gasteiger partial charge in [-0.1, -0.05) is 0 Å². The van der Waals surface area contributed by atoms with Crippen LogP contribution >= 0.6 is 0 Å². The van der Waals surface area contributed by atoms with E-state index in [0.29, 0.717) is 13.0 Å². The van der Waals surface area contributed by atoms with Gasteiger partial charge in [-0.2, -0.15) is 10.1 Å². The second-order valence-electron chi connectivity index (χ2n) is 4.47. The first-order chi connectivity index (χ1) is 8.56. The van der Waals surface area contributed by atoms with Crippen LogP contribution < -0.4 is 10.6 Å². The Morgan fingerprint density at radius 2 is 2.39 bits per heavy atom. The highest BCUT2D eigenvalue weighted by Crippen LogP contribution is 2.14. The van der Waals surface area contributed by atoms with Crippen molar-refractivity contribution in [3.63, 3.8) is 0 Å². The number of nitrogens with zero attached hydrogens (tertiary/aromatic N) is 3. The second-order valence-corrected chi connectivity index (χ2v) is 4.47. The average Bonchev–Trinajstić information content (AvgIpc) is 2.88. The molecule has 3 amide bonds. The van der Waals surface area contributed by atoms with Crippen molar-refractivity contribution in [1.29, 1.82) is 0 Å². The maximum Gasteiger partial charge on any atom is 0.321 e. The minimum Gasteiger partial charge on any atom is -0.338 e. The predicted molar refractivity (Wildman–Crippen MR) is 63.8 cm³/mol. The molecule has 0 radical (unpaired) electrons. The third kappa shape index (κ3) is 2.76. The zero-order valence-corrected chi connectivity index (χ0v) is 10.3. The van der Waals surface area contributed by atoms with E-state index in [4.69, 9.17) is 0 Å². The number of rotatable bonds is 3. The molecular formula is C10H16N6O2. The molecule has 2 rings (SSSR count). The fourth-order valence-electron chi connectivity index (χ4n) is 1.92. The van der Waals surface area contributed by atoms with Gasteiger partial charge in [-0.3, -0.25) is 10.1 Å². The minimum absolute atomic E-state index is 0.0648. The number of aromatic amines is 1. The molecule has 1 aromatic rings. The highest BCUT2D eigenvalue weighted by molar-refractivity contribution is 5.88. The lowest BCUT2D eigenvalue weighted by atomic mass is 10.2. The lowest BCUT2D eigenvalue weighted by Gasteiger charge is -2.21. The summed E-state index contributed by atoms with van der Waals surface area (Å²) in [5, 5.41) is 11.4. The molecule has 1 aromatic heterocycles. The van der Waals surface area contributed by atoms with E-state index in [1.165, 1.54) is 6.33 Å². The Balaban J connectivity index is 1.84. The number of carbonyl (C=O) groups excluding carboxylic acids is 2. The van der Waals surface area contributed by atoms with Crippen molar-refractivity contribution in [2.24, 2.45) is 0 Å². The second kappa shape index (κ2) is 5.03. The molecule has 3 N–H and O–H groups in total. The zero-order chi connectivity index (χ0) is 13.1. The lowest BCUT2D eigenvalue weighted by Crippen LogP contribution is -2.41. The fourth-order valence-corrected chi connectivity index (χ4v) is 1.92. The van der Waals surface area contributed by atoms with Gasteiger partial charge in [0.05, 0.1) is 6.04 Å². The van der Waals surface area contributed by atoms with Crippen LogP contribution in [0.2, 0.25) is 0 Å². The normalized spacial score (nSPS) is 19.4. The monoisotopic (exact) mass is 252 g/mol. The molecule has 0 spiro atoms. The van der Waals surface area contributed by atoms with Gasteiger partial charge in [0.15, 0.2) is 0 Å². The van der Waals surface area contributed by atoms with Gasteiger partial charge >= 0.3 is 6.03 Å². The SMILES string of the molecule is CC(C)N1CC(NC(=O)Nc2ncn[nH]2)CC1=O. The largest absolute Gasteiger partial charge is 0.338 e. The molecule has 0 aliphatic carbocycles. The van der Waals surface area contributed by atoms with Crippen LogP contribution in [0.1, 0.15) is 20.3 Å². The number of hydrogen-bond acceptors (Lipinski definition) is 4. The molecule has 98 valence electrons. The number of carbonyl (C=O) groups is 2. The van der Waals surface area contributed by atoms with Crippen LogP contribution in [0.15, 0.2) is 6.33 Å². The number of aromatic nitrogens is 3. The summed E-state index contributed by atoms with van der Waals surface area (Å²) in [7, 11) is 0. The van der Waals surface area contributed by atoms with Crippen LogP contribution in [0, 0.1) is 0 Å². The number of likely N-dealkylation sites (tertiary alicyclic amines) is 1. The van der Waals surface area contributed by atoms with Gasteiger partial charge in [0.2, 0.25) is 11.9 Å². The van der Waals surface area contributed by atoms with E-state index < -0.39 is 6.03 Å². The van der Waals surface area contributed by atoms with Crippen molar-refractivity contribution in [1.82, 2.24) is 25.4 Å². The molecule has 0 saturated carbocycles. The van der Waals surface area contributed by atoms with Gasteiger partial charge in [-0.25, -0.2) is 9.89 Å². The molecule has 1 unspecified atom stereocenters. The van der Waals surface area contributed by atoms with E-state index in [9.17, 15) is 9.59 Å². The van der Waals surface area contributed by atoms with Gasteiger partial charge < -0.3 is 10.2 Å². The highest BCUT2D eigenvalue weighted by atomic mass is 16.2. The number of hydrogen-bond donors (Lipinski definition) is 3. The van der Waals surface area contributed by atoms with Gasteiger partial charge in [0, 0.05) is 19.0 Å².